The van der Waals surface area contributed by atoms with Gasteiger partial charge in [-0.25, -0.2) is 9.78 Å². The molecule has 0 saturated heterocycles. The van der Waals surface area contributed by atoms with Gasteiger partial charge in [-0.2, -0.15) is 0 Å². The average molecular weight is 392 g/mol. The number of hydrogen-bond acceptors (Lipinski definition) is 6. The second kappa shape index (κ2) is 6.28. The van der Waals surface area contributed by atoms with E-state index in [9.17, 15) is 9.59 Å². The summed E-state index contributed by atoms with van der Waals surface area (Å²) >= 11 is 8.58. The molecule has 25 heavy (non-hydrogen) atoms. The number of thioether (sulfide) groups is 1. The van der Waals surface area contributed by atoms with Crippen molar-refractivity contribution in [3.05, 3.63) is 49.9 Å². The van der Waals surface area contributed by atoms with Crippen LogP contribution in [-0.4, -0.2) is 29.8 Å². The van der Waals surface area contributed by atoms with Crippen LogP contribution in [0.25, 0.3) is 21.4 Å². The van der Waals surface area contributed by atoms with E-state index in [0.29, 0.717) is 28.2 Å². The first-order chi connectivity index (χ1) is 12.0. The van der Waals surface area contributed by atoms with Gasteiger partial charge in [-0.05, 0) is 24.4 Å². The predicted octanol–water partition coefficient (Wildman–Crippen LogP) is 2.49. The van der Waals surface area contributed by atoms with E-state index in [-0.39, 0.29) is 0 Å². The lowest BCUT2D eigenvalue weighted by Gasteiger charge is -2.03. The largest absolute Gasteiger partial charge is 0.329 e. The van der Waals surface area contributed by atoms with Gasteiger partial charge in [-0.3, -0.25) is 14.3 Å². The summed E-state index contributed by atoms with van der Waals surface area (Å²) in [7, 11) is 1.59. The van der Waals surface area contributed by atoms with Crippen LogP contribution in [0.4, 0.5) is 0 Å². The molecule has 128 valence electrons. The number of rotatable bonds is 4. The van der Waals surface area contributed by atoms with E-state index >= 15 is 0 Å². The van der Waals surface area contributed by atoms with Crippen molar-refractivity contribution >= 4 is 56.7 Å². The molecule has 7 nitrogen and oxygen atoms in total. The van der Waals surface area contributed by atoms with Crippen LogP contribution in [0.2, 0.25) is 0 Å². The van der Waals surface area contributed by atoms with Crippen molar-refractivity contribution in [2.24, 2.45) is 7.05 Å². The maximum Gasteiger partial charge on any atom is 0.329 e. The molecule has 0 radical (unpaired) electrons. The molecule has 0 amide bonds. The van der Waals surface area contributed by atoms with E-state index < -0.39 is 11.2 Å². The summed E-state index contributed by atoms with van der Waals surface area (Å²) in [5.74, 6) is 0.712. The molecular formula is C15H13N5O2S3. The molecule has 0 unspecified atom stereocenters. The third kappa shape index (κ3) is 2.86. The van der Waals surface area contributed by atoms with Gasteiger partial charge in [-0.15, -0.1) is 11.3 Å². The Morgan fingerprint density at radius 3 is 2.88 bits per heavy atom. The fraction of sp³-hybridized carbons (Fsp3) is 0.200. The summed E-state index contributed by atoms with van der Waals surface area (Å²) in [6.07, 6.45) is 0. The van der Waals surface area contributed by atoms with E-state index in [4.69, 9.17) is 12.2 Å². The van der Waals surface area contributed by atoms with Crippen molar-refractivity contribution in [2.75, 3.05) is 5.75 Å². The van der Waals surface area contributed by atoms with Crippen LogP contribution in [0.15, 0.2) is 38.2 Å². The molecular weight excluding hydrogens is 378 g/mol. The van der Waals surface area contributed by atoms with Crippen LogP contribution in [0.1, 0.15) is 0 Å². The Morgan fingerprint density at radius 2 is 2.08 bits per heavy atom. The van der Waals surface area contributed by atoms with Gasteiger partial charge in [0.25, 0.3) is 5.56 Å². The number of aryl methyl sites for hydroxylation is 2. The van der Waals surface area contributed by atoms with Crippen LogP contribution in [0.5, 0.6) is 0 Å². The zero-order valence-corrected chi connectivity index (χ0v) is 15.6. The minimum atomic E-state index is -0.468. The van der Waals surface area contributed by atoms with Gasteiger partial charge in [0.2, 0.25) is 0 Å². The number of aromatic nitrogens is 5. The molecule has 0 bridgehead atoms. The van der Waals surface area contributed by atoms with Gasteiger partial charge in [-0.1, -0.05) is 23.9 Å². The van der Waals surface area contributed by atoms with Crippen LogP contribution >= 0.6 is 35.3 Å². The van der Waals surface area contributed by atoms with E-state index in [1.54, 1.807) is 34.7 Å². The average Bonchev–Trinajstić information content (AvgIpc) is 3.14. The smallest absolute Gasteiger partial charge is 0.316 e. The van der Waals surface area contributed by atoms with Gasteiger partial charge >= 0.3 is 5.69 Å². The van der Waals surface area contributed by atoms with Crippen LogP contribution in [0.3, 0.4) is 0 Å². The Morgan fingerprint density at radius 1 is 1.28 bits per heavy atom. The Labute approximate surface area is 154 Å². The first-order valence-corrected chi connectivity index (χ1v) is 9.66. The van der Waals surface area contributed by atoms with E-state index in [1.807, 2.05) is 24.3 Å². The molecule has 0 aliphatic heterocycles. The number of nitrogens with one attached hydrogen (secondary N) is 2. The van der Waals surface area contributed by atoms with E-state index in [1.165, 1.54) is 4.57 Å². The molecule has 1 aromatic carbocycles. The first-order valence-electron chi connectivity index (χ1n) is 7.45. The maximum absolute atomic E-state index is 12.2. The minimum absolute atomic E-state index is 0.386. The van der Waals surface area contributed by atoms with Crippen molar-refractivity contribution in [1.82, 2.24) is 24.1 Å². The van der Waals surface area contributed by atoms with Crippen molar-refractivity contribution in [2.45, 2.75) is 10.9 Å². The minimum Gasteiger partial charge on any atom is -0.316 e. The molecule has 0 fully saturated rings. The van der Waals surface area contributed by atoms with E-state index in [2.05, 4.69) is 15.0 Å². The quantitative estimate of drug-likeness (QED) is 0.412. The lowest BCUT2D eigenvalue weighted by atomic mass is 10.3. The highest BCUT2D eigenvalue weighted by molar-refractivity contribution is 8.01. The summed E-state index contributed by atoms with van der Waals surface area (Å²) in [5, 5.41) is 0. The topological polar surface area (TPSA) is 88.5 Å². The summed E-state index contributed by atoms with van der Waals surface area (Å²) in [4.78, 5) is 33.7. The van der Waals surface area contributed by atoms with Crippen molar-refractivity contribution in [1.29, 1.82) is 0 Å². The lowest BCUT2D eigenvalue weighted by Crippen LogP contribution is -2.29. The molecule has 4 aromatic rings. The molecule has 4 rings (SSSR count). The summed E-state index contributed by atoms with van der Waals surface area (Å²) in [6.45, 7) is 0.542. The second-order valence-electron chi connectivity index (χ2n) is 5.39. The van der Waals surface area contributed by atoms with Gasteiger partial charge < -0.3 is 9.55 Å². The van der Waals surface area contributed by atoms with Crippen molar-refractivity contribution < 1.29 is 0 Å². The third-order valence-corrected chi connectivity index (χ3v) is 6.34. The van der Waals surface area contributed by atoms with Crippen LogP contribution in [-0.2, 0) is 13.6 Å². The van der Waals surface area contributed by atoms with Gasteiger partial charge in [0.15, 0.2) is 14.6 Å². The summed E-state index contributed by atoms with van der Waals surface area (Å²) < 4.78 is 5.63. The van der Waals surface area contributed by atoms with Gasteiger partial charge in [0, 0.05) is 19.3 Å². The molecule has 10 heteroatoms. The summed E-state index contributed by atoms with van der Waals surface area (Å²) in [6, 6.07) is 8.01. The highest BCUT2D eigenvalue weighted by Crippen LogP contribution is 2.29. The number of para-hydroxylation sites is 1. The summed E-state index contributed by atoms with van der Waals surface area (Å²) in [5.41, 5.74) is 0.908. The molecule has 0 saturated carbocycles. The standard InChI is InChI=1S/C15H13N5O2S3/c1-19-11-10(12(21)18-13(19)22)20(14(23)17-11)6-7-24-15-16-8-4-2-3-5-9(8)25-15/h2-5H,6-7H2,1H3,(H,17,23)(H,18,21,22). The fourth-order valence-electron chi connectivity index (χ4n) is 2.62. The molecule has 3 aromatic heterocycles. The van der Waals surface area contributed by atoms with Gasteiger partial charge in [0.05, 0.1) is 10.2 Å². The number of benzene rings is 1. The number of fused-ring (bicyclic) bond motifs is 2. The zero-order chi connectivity index (χ0) is 17.6. The molecule has 0 atom stereocenters. The predicted molar refractivity (Wildman–Crippen MR) is 103 cm³/mol. The molecule has 3 heterocycles. The van der Waals surface area contributed by atoms with Crippen LogP contribution < -0.4 is 11.2 Å². The van der Waals surface area contributed by atoms with Crippen molar-refractivity contribution in [3.63, 3.8) is 0 Å². The fourth-order valence-corrected chi connectivity index (χ4v) is 4.96. The van der Waals surface area contributed by atoms with Gasteiger partial charge in [0.1, 0.15) is 5.65 Å². The Bertz CT molecular complexity index is 1230. The molecule has 0 spiro atoms. The molecule has 0 aliphatic rings. The third-order valence-electron chi connectivity index (χ3n) is 3.85. The van der Waals surface area contributed by atoms with Crippen LogP contribution in [0, 0.1) is 4.77 Å². The number of imidazole rings is 1. The number of nitrogens with zero attached hydrogens (tertiary/aromatic N) is 3. The monoisotopic (exact) mass is 391 g/mol. The lowest BCUT2D eigenvalue weighted by molar-refractivity contribution is 0.775. The SMILES string of the molecule is Cn1c(=O)[nH]c(=O)c2c1[nH]c(=S)n2CCSc1nc2ccccc2s1. The number of aromatic amines is 2. The van der Waals surface area contributed by atoms with Crippen molar-refractivity contribution in [3.8, 4) is 0 Å². The highest BCUT2D eigenvalue weighted by atomic mass is 32.2. The number of H-pyrrole nitrogens is 2. The Balaban J connectivity index is 1.62. The molecule has 0 aliphatic carbocycles. The highest BCUT2D eigenvalue weighted by Gasteiger charge is 2.13. The first kappa shape index (κ1) is 16.3. The number of hydrogen-bond donors (Lipinski definition) is 2. The Hall–Kier alpha value is -2.17. The Kier molecular flexibility index (Phi) is 4.10. The maximum atomic E-state index is 12.2. The zero-order valence-electron chi connectivity index (χ0n) is 13.1. The normalized spacial score (nSPS) is 11.6. The number of thiazole rings is 1. The molecule has 2 N–H and O–H groups in total. The second-order valence-corrected chi connectivity index (χ2v) is 8.15. The van der Waals surface area contributed by atoms with E-state index in [0.717, 1.165) is 14.6 Å².